The van der Waals surface area contributed by atoms with Crippen LogP contribution >= 0.6 is 0 Å². The molecule has 0 saturated carbocycles. The molecule has 2 heterocycles. The van der Waals surface area contributed by atoms with E-state index in [-0.39, 0.29) is 24.4 Å². The van der Waals surface area contributed by atoms with Crippen LogP contribution in [0.15, 0.2) is 48.7 Å². The summed E-state index contributed by atoms with van der Waals surface area (Å²) in [6, 6.07) is 14.2. The van der Waals surface area contributed by atoms with E-state index in [0.717, 1.165) is 43.5 Å². The average molecular weight is 396 g/mol. The Morgan fingerprint density at radius 3 is 2.52 bits per heavy atom. The van der Waals surface area contributed by atoms with Gasteiger partial charge in [-0.2, -0.15) is 0 Å². The summed E-state index contributed by atoms with van der Waals surface area (Å²) in [5.41, 5.74) is 2.24. The third-order valence-electron chi connectivity index (χ3n) is 5.64. The average Bonchev–Trinajstić information content (AvgIpc) is 3.22. The van der Waals surface area contributed by atoms with Gasteiger partial charge in [-0.15, -0.1) is 0 Å². The molecule has 0 saturated heterocycles. The molecule has 3 rings (SSSR count). The minimum atomic E-state index is -0.105. The second-order valence-corrected chi connectivity index (χ2v) is 7.80. The van der Waals surface area contributed by atoms with Crippen LogP contribution in [0.1, 0.15) is 63.3 Å². The summed E-state index contributed by atoms with van der Waals surface area (Å²) >= 11 is 0. The van der Waals surface area contributed by atoms with Gasteiger partial charge in [-0.05, 0) is 30.5 Å². The first-order valence-corrected chi connectivity index (χ1v) is 10.9. The van der Waals surface area contributed by atoms with Gasteiger partial charge in [0.15, 0.2) is 0 Å². The van der Waals surface area contributed by atoms with Gasteiger partial charge in [0.2, 0.25) is 11.8 Å². The monoisotopic (exact) mass is 395 g/mol. The molecule has 29 heavy (non-hydrogen) atoms. The van der Waals surface area contributed by atoms with Crippen LogP contribution in [0.3, 0.4) is 0 Å². The largest absolute Gasteiger partial charge is 0.348 e. The zero-order valence-corrected chi connectivity index (χ0v) is 17.7. The van der Waals surface area contributed by atoms with Gasteiger partial charge < -0.3 is 14.4 Å². The number of aromatic nitrogens is 1. The number of hydrogen-bond donors (Lipinski definition) is 0. The number of nitrogens with zero attached hydrogens (tertiary/aromatic N) is 3. The summed E-state index contributed by atoms with van der Waals surface area (Å²) in [6.07, 6.45) is 6.51. The molecular formula is C24H33N3O2. The quantitative estimate of drug-likeness (QED) is 0.596. The number of amides is 2. The molecule has 1 aliphatic rings. The molecule has 1 unspecified atom stereocenters. The zero-order chi connectivity index (χ0) is 20.6. The SMILES string of the molecule is CCCCCC(=O)N(CCC)CC(=O)N1CCn2cccc2C1c1ccccc1. The zero-order valence-electron chi connectivity index (χ0n) is 17.7. The summed E-state index contributed by atoms with van der Waals surface area (Å²) in [4.78, 5) is 29.8. The molecule has 156 valence electrons. The van der Waals surface area contributed by atoms with E-state index in [2.05, 4.69) is 42.8 Å². The minimum absolute atomic E-state index is 0.0311. The first-order chi connectivity index (χ1) is 14.2. The van der Waals surface area contributed by atoms with Crippen LogP contribution < -0.4 is 0 Å². The molecule has 5 nitrogen and oxygen atoms in total. The first-order valence-electron chi connectivity index (χ1n) is 10.9. The molecule has 0 N–H and O–H groups in total. The standard InChI is InChI=1S/C24H33N3O2/c1-3-5-7-14-22(28)26(15-4-2)19-23(29)27-18-17-25-16-10-13-21(25)24(27)20-11-8-6-9-12-20/h6,8-13,16,24H,3-5,7,14-15,17-19H2,1-2H3. The summed E-state index contributed by atoms with van der Waals surface area (Å²) in [7, 11) is 0. The molecule has 0 fully saturated rings. The van der Waals surface area contributed by atoms with Gasteiger partial charge in [-0.1, -0.05) is 57.0 Å². The summed E-state index contributed by atoms with van der Waals surface area (Å²) in [6.45, 7) is 6.44. The third-order valence-corrected chi connectivity index (χ3v) is 5.64. The van der Waals surface area contributed by atoms with Crippen molar-refractivity contribution < 1.29 is 9.59 Å². The maximum Gasteiger partial charge on any atom is 0.243 e. The van der Waals surface area contributed by atoms with Gasteiger partial charge in [-0.25, -0.2) is 0 Å². The summed E-state index contributed by atoms with van der Waals surface area (Å²) in [5.74, 6) is 0.133. The van der Waals surface area contributed by atoms with Crippen LogP contribution in [0.5, 0.6) is 0 Å². The predicted molar refractivity (Wildman–Crippen MR) is 115 cm³/mol. The van der Waals surface area contributed by atoms with Gasteiger partial charge in [0.25, 0.3) is 0 Å². The Bertz CT molecular complexity index is 799. The van der Waals surface area contributed by atoms with E-state index in [9.17, 15) is 9.59 Å². The fourth-order valence-electron chi connectivity index (χ4n) is 4.14. The Kier molecular flexibility index (Phi) is 7.50. The lowest BCUT2D eigenvalue weighted by Gasteiger charge is -2.38. The summed E-state index contributed by atoms with van der Waals surface area (Å²) < 4.78 is 2.22. The van der Waals surface area contributed by atoms with Gasteiger partial charge in [0.05, 0.1) is 12.6 Å². The van der Waals surface area contributed by atoms with Crippen molar-refractivity contribution in [3.8, 4) is 0 Å². The second kappa shape index (κ2) is 10.3. The van der Waals surface area contributed by atoms with E-state index < -0.39 is 0 Å². The molecule has 0 aliphatic carbocycles. The van der Waals surface area contributed by atoms with Gasteiger partial charge in [0.1, 0.15) is 0 Å². The Morgan fingerprint density at radius 2 is 1.79 bits per heavy atom. The lowest BCUT2D eigenvalue weighted by atomic mass is 10.00. The van der Waals surface area contributed by atoms with Crippen molar-refractivity contribution in [2.24, 2.45) is 0 Å². The van der Waals surface area contributed by atoms with Crippen molar-refractivity contribution in [3.05, 3.63) is 59.9 Å². The molecule has 5 heteroatoms. The number of unbranched alkanes of at least 4 members (excludes halogenated alkanes) is 2. The molecule has 0 spiro atoms. The topological polar surface area (TPSA) is 45.6 Å². The Hall–Kier alpha value is -2.56. The van der Waals surface area contributed by atoms with Crippen molar-refractivity contribution in [1.82, 2.24) is 14.4 Å². The highest BCUT2D eigenvalue weighted by Crippen LogP contribution is 2.32. The van der Waals surface area contributed by atoms with Crippen molar-refractivity contribution in [3.63, 3.8) is 0 Å². The highest BCUT2D eigenvalue weighted by atomic mass is 16.2. The van der Waals surface area contributed by atoms with E-state index in [1.165, 1.54) is 0 Å². The number of hydrogen-bond acceptors (Lipinski definition) is 2. The van der Waals surface area contributed by atoms with Crippen molar-refractivity contribution in [2.45, 2.75) is 58.5 Å². The molecule has 1 aliphatic heterocycles. The number of carbonyl (C=O) groups is 2. The second-order valence-electron chi connectivity index (χ2n) is 7.80. The van der Waals surface area contributed by atoms with Crippen LogP contribution in [0.4, 0.5) is 0 Å². The van der Waals surface area contributed by atoms with Crippen molar-refractivity contribution in [2.75, 3.05) is 19.6 Å². The van der Waals surface area contributed by atoms with Gasteiger partial charge in [-0.3, -0.25) is 9.59 Å². The van der Waals surface area contributed by atoms with Crippen LogP contribution in [-0.4, -0.2) is 45.8 Å². The summed E-state index contributed by atoms with van der Waals surface area (Å²) in [5, 5.41) is 0. The maximum absolute atomic E-state index is 13.4. The molecule has 1 aromatic carbocycles. The third kappa shape index (κ3) is 5.08. The maximum atomic E-state index is 13.4. The fourth-order valence-corrected chi connectivity index (χ4v) is 4.14. The minimum Gasteiger partial charge on any atom is -0.348 e. The van der Waals surface area contributed by atoms with E-state index in [1.807, 2.05) is 29.2 Å². The number of benzene rings is 1. The predicted octanol–water partition coefficient (Wildman–Crippen LogP) is 4.24. The van der Waals surface area contributed by atoms with E-state index >= 15 is 0 Å². The Labute approximate surface area is 174 Å². The first kappa shape index (κ1) is 21.2. The molecule has 2 aromatic rings. The van der Waals surface area contributed by atoms with Crippen LogP contribution in [0.2, 0.25) is 0 Å². The smallest absolute Gasteiger partial charge is 0.243 e. The van der Waals surface area contributed by atoms with E-state index in [4.69, 9.17) is 0 Å². The normalized spacial score (nSPS) is 15.8. The number of fused-ring (bicyclic) bond motifs is 1. The van der Waals surface area contributed by atoms with Crippen molar-refractivity contribution in [1.29, 1.82) is 0 Å². The molecule has 0 radical (unpaired) electrons. The highest BCUT2D eigenvalue weighted by Gasteiger charge is 2.33. The lowest BCUT2D eigenvalue weighted by molar-refractivity contribution is -0.142. The Balaban J connectivity index is 1.78. The van der Waals surface area contributed by atoms with Crippen LogP contribution in [0.25, 0.3) is 0 Å². The van der Waals surface area contributed by atoms with Crippen LogP contribution in [-0.2, 0) is 16.1 Å². The molecule has 1 atom stereocenters. The Morgan fingerprint density at radius 1 is 1.00 bits per heavy atom. The number of carbonyl (C=O) groups excluding carboxylic acids is 2. The van der Waals surface area contributed by atoms with E-state index in [1.54, 1.807) is 4.90 Å². The molecule has 2 amide bonds. The lowest BCUT2D eigenvalue weighted by Crippen LogP contribution is -2.48. The van der Waals surface area contributed by atoms with Crippen LogP contribution in [0, 0.1) is 0 Å². The van der Waals surface area contributed by atoms with Crippen molar-refractivity contribution >= 4 is 11.8 Å². The molecule has 0 bridgehead atoms. The van der Waals surface area contributed by atoms with Gasteiger partial charge in [0, 0.05) is 37.9 Å². The van der Waals surface area contributed by atoms with Gasteiger partial charge >= 0.3 is 0 Å². The van der Waals surface area contributed by atoms with E-state index in [0.29, 0.717) is 19.5 Å². The fraction of sp³-hybridized carbons (Fsp3) is 0.500. The molecular weight excluding hydrogens is 362 g/mol. The molecule has 1 aromatic heterocycles. The number of rotatable bonds is 9. The highest BCUT2D eigenvalue weighted by molar-refractivity contribution is 5.85.